The zero-order valence-electron chi connectivity index (χ0n) is 9.75. The van der Waals surface area contributed by atoms with Crippen LogP contribution in [0.4, 0.5) is 0 Å². The zero-order chi connectivity index (χ0) is 11.6. The van der Waals surface area contributed by atoms with Gasteiger partial charge in [0.1, 0.15) is 13.2 Å². The lowest BCUT2D eigenvalue weighted by Gasteiger charge is -2.23. The number of ether oxygens (including phenoxy) is 2. The predicted octanol–water partition coefficient (Wildman–Crippen LogP) is 3.42. The first-order valence-corrected chi connectivity index (χ1v) is 6.67. The van der Waals surface area contributed by atoms with Crippen molar-refractivity contribution in [1.29, 1.82) is 0 Å². The van der Waals surface area contributed by atoms with E-state index >= 15 is 0 Å². The van der Waals surface area contributed by atoms with E-state index in [9.17, 15) is 0 Å². The smallest absolute Gasteiger partial charge is 0.161 e. The first-order valence-electron chi connectivity index (χ1n) is 5.55. The van der Waals surface area contributed by atoms with E-state index in [1.165, 1.54) is 5.56 Å². The number of rotatable bonds is 3. The van der Waals surface area contributed by atoms with Crippen molar-refractivity contribution in [1.82, 2.24) is 0 Å². The van der Waals surface area contributed by atoms with Crippen LogP contribution in [0.3, 0.4) is 0 Å². The summed E-state index contributed by atoms with van der Waals surface area (Å²) in [6.07, 6.45) is 1.04. The summed E-state index contributed by atoms with van der Waals surface area (Å²) in [6, 6.07) is 6.23. The van der Waals surface area contributed by atoms with E-state index in [0.29, 0.717) is 13.2 Å². The van der Waals surface area contributed by atoms with Crippen molar-refractivity contribution in [3.05, 3.63) is 23.8 Å². The van der Waals surface area contributed by atoms with Gasteiger partial charge < -0.3 is 9.47 Å². The molecule has 0 amide bonds. The Morgan fingerprint density at radius 1 is 1.19 bits per heavy atom. The van der Waals surface area contributed by atoms with Gasteiger partial charge in [-0.2, -0.15) is 0 Å². The minimum Gasteiger partial charge on any atom is -0.486 e. The molecule has 1 aromatic rings. The fourth-order valence-electron chi connectivity index (χ4n) is 1.80. The Labute approximate surface area is 105 Å². The molecule has 0 N–H and O–H groups in total. The molecule has 1 heterocycles. The monoisotopic (exact) mass is 284 g/mol. The van der Waals surface area contributed by atoms with Crippen molar-refractivity contribution in [3.8, 4) is 11.5 Å². The van der Waals surface area contributed by atoms with Gasteiger partial charge in [0.2, 0.25) is 0 Å². The third-order valence-corrected chi connectivity index (χ3v) is 4.17. The first kappa shape index (κ1) is 11.8. The molecule has 0 aliphatic carbocycles. The summed E-state index contributed by atoms with van der Waals surface area (Å²) in [5.74, 6) is 1.75. The molecular weight excluding hydrogens is 268 g/mol. The maximum absolute atomic E-state index is 5.58. The molecule has 2 nitrogen and oxygen atoms in total. The molecule has 16 heavy (non-hydrogen) atoms. The highest BCUT2D eigenvalue weighted by atomic mass is 79.9. The molecule has 0 aromatic heterocycles. The van der Waals surface area contributed by atoms with Crippen LogP contribution in [0.2, 0.25) is 0 Å². The van der Waals surface area contributed by atoms with Gasteiger partial charge in [0.25, 0.3) is 0 Å². The third-order valence-electron chi connectivity index (χ3n) is 2.65. The van der Waals surface area contributed by atoms with E-state index in [-0.39, 0.29) is 5.41 Å². The summed E-state index contributed by atoms with van der Waals surface area (Å²) in [7, 11) is 0. The topological polar surface area (TPSA) is 18.5 Å². The largest absolute Gasteiger partial charge is 0.486 e. The van der Waals surface area contributed by atoms with Crippen molar-refractivity contribution in [2.45, 2.75) is 20.3 Å². The zero-order valence-corrected chi connectivity index (χ0v) is 11.3. The van der Waals surface area contributed by atoms with E-state index in [4.69, 9.17) is 9.47 Å². The minimum absolute atomic E-state index is 0.268. The standard InChI is InChI=1S/C13H17BrO2/c1-13(2,9-14)8-10-3-4-11-12(7-10)16-6-5-15-11/h3-4,7H,5-6,8-9H2,1-2H3. The van der Waals surface area contributed by atoms with Crippen molar-refractivity contribution >= 4 is 15.9 Å². The summed E-state index contributed by atoms with van der Waals surface area (Å²) < 4.78 is 11.1. The van der Waals surface area contributed by atoms with Gasteiger partial charge in [-0.3, -0.25) is 0 Å². The maximum atomic E-state index is 5.58. The van der Waals surface area contributed by atoms with E-state index in [1.54, 1.807) is 0 Å². The van der Waals surface area contributed by atoms with Crippen molar-refractivity contribution in [3.63, 3.8) is 0 Å². The minimum atomic E-state index is 0.268. The lowest BCUT2D eigenvalue weighted by atomic mass is 9.88. The Kier molecular flexibility index (Phi) is 3.43. The van der Waals surface area contributed by atoms with Crippen molar-refractivity contribution in [2.24, 2.45) is 5.41 Å². The second-order valence-corrected chi connectivity index (χ2v) is 5.51. The van der Waals surface area contributed by atoms with Gasteiger partial charge in [0.15, 0.2) is 11.5 Å². The molecule has 0 saturated carbocycles. The SMILES string of the molecule is CC(C)(CBr)Cc1ccc2c(c1)OCCO2. The van der Waals surface area contributed by atoms with Gasteiger partial charge in [-0.05, 0) is 29.5 Å². The highest BCUT2D eigenvalue weighted by Crippen LogP contribution is 2.33. The van der Waals surface area contributed by atoms with Crippen LogP contribution in [0.5, 0.6) is 11.5 Å². The van der Waals surface area contributed by atoms with Gasteiger partial charge in [-0.1, -0.05) is 35.8 Å². The van der Waals surface area contributed by atoms with Crippen molar-refractivity contribution in [2.75, 3.05) is 18.5 Å². The second-order valence-electron chi connectivity index (χ2n) is 4.95. The van der Waals surface area contributed by atoms with Crippen LogP contribution in [0, 0.1) is 5.41 Å². The summed E-state index contributed by atoms with van der Waals surface area (Å²) in [4.78, 5) is 0. The number of fused-ring (bicyclic) bond motifs is 1. The molecule has 88 valence electrons. The Morgan fingerprint density at radius 2 is 1.88 bits per heavy atom. The number of benzene rings is 1. The summed E-state index contributed by atoms with van der Waals surface area (Å²) in [6.45, 7) is 5.80. The van der Waals surface area contributed by atoms with E-state index in [0.717, 1.165) is 23.2 Å². The molecule has 1 aliphatic heterocycles. The molecule has 2 rings (SSSR count). The number of halogens is 1. The molecule has 0 spiro atoms. The number of hydrogen-bond donors (Lipinski definition) is 0. The Hall–Kier alpha value is -0.700. The fraction of sp³-hybridized carbons (Fsp3) is 0.538. The average Bonchev–Trinajstić information content (AvgIpc) is 2.28. The van der Waals surface area contributed by atoms with Crippen LogP contribution in [0.25, 0.3) is 0 Å². The van der Waals surface area contributed by atoms with E-state index < -0.39 is 0 Å². The van der Waals surface area contributed by atoms with Crippen LogP contribution in [0.15, 0.2) is 18.2 Å². The number of hydrogen-bond acceptors (Lipinski definition) is 2. The van der Waals surface area contributed by atoms with Crippen LogP contribution < -0.4 is 9.47 Å². The molecule has 0 fully saturated rings. The van der Waals surface area contributed by atoms with Crippen LogP contribution in [-0.2, 0) is 6.42 Å². The predicted molar refractivity (Wildman–Crippen MR) is 68.7 cm³/mol. The molecular formula is C13H17BrO2. The molecule has 0 unspecified atom stereocenters. The summed E-state index contributed by atoms with van der Waals surface area (Å²) in [5.41, 5.74) is 1.57. The van der Waals surface area contributed by atoms with Crippen molar-refractivity contribution < 1.29 is 9.47 Å². The van der Waals surface area contributed by atoms with E-state index in [2.05, 4.69) is 41.9 Å². The fourth-order valence-corrected chi connectivity index (χ4v) is 2.00. The summed E-state index contributed by atoms with van der Waals surface area (Å²) >= 11 is 3.55. The molecule has 1 aromatic carbocycles. The van der Waals surface area contributed by atoms with Gasteiger partial charge >= 0.3 is 0 Å². The first-order chi connectivity index (χ1) is 7.61. The van der Waals surface area contributed by atoms with Gasteiger partial charge in [-0.15, -0.1) is 0 Å². The normalized spacial score (nSPS) is 14.9. The lowest BCUT2D eigenvalue weighted by molar-refractivity contribution is 0.171. The highest BCUT2D eigenvalue weighted by Gasteiger charge is 2.19. The van der Waals surface area contributed by atoms with Gasteiger partial charge in [-0.25, -0.2) is 0 Å². The molecule has 0 radical (unpaired) electrons. The van der Waals surface area contributed by atoms with Crippen LogP contribution in [-0.4, -0.2) is 18.5 Å². The maximum Gasteiger partial charge on any atom is 0.161 e. The summed E-state index contributed by atoms with van der Waals surface area (Å²) in [5, 5.41) is 0.994. The lowest BCUT2D eigenvalue weighted by Crippen LogP contribution is -2.18. The average molecular weight is 285 g/mol. The Morgan fingerprint density at radius 3 is 2.56 bits per heavy atom. The van der Waals surface area contributed by atoms with Gasteiger partial charge in [0.05, 0.1) is 0 Å². The molecule has 1 aliphatic rings. The third kappa shape index (κ3) is 2.70. The van der Waals surface area contributed by atoms with Gasteiger partial charge in [0, 0.05) is 5.33 Å². The van der Waals surface area contributed by atoms with Crippen LogP contribution >= 0.6 is 15.9 Å². The quantitative estimate of drug-likeness (QED) is 0.792. The molecule has 3 heteroatoms. The van der Waals surface area contributed by atoms with Crippen LogP contribution in [0.1, 0.15) is 19.4 Å². The number of alkyl halides is 1. The highest BCUT2D eigenvalue weighted by molar-refractivity contribution is 9.09. The molecule has 0 saturated heterocycles. The Balaban J connectivity index is 2.17. The van der Waals surface area contributed by atoms with E-state index in [1.807, 2.05) is 6.07 Å². The Bertz CT molecular complexity index is 374. The second kappa shape index (κ2) is 4.66. The molecule has 0 atom stereocenters. The molecule has 0 bridgehead atoms.